The highest BCUT2D eigenvalue weighted by Crippen LogP contribution is 2.32. The number of benzene rings is 2. The Morgan fingerprint density at radius 3 is 2.35 bits per heavy atom. The molecule has 2 fully saturated rings. The zero-order valence-electron chi connectivity index (χ0n) is 30.6. The number of fused-ring (bicyclic) bond motifs is 4. The molecule has 4 amide bonds. The van der Waals surface area contributed by atoms with Crippen molar-refractivity contribution in [2.24, 2.45) is 7.05 Å². The van der Waals surface area contributed by atoms with Crippen molar-refractivity contribution in [2.75, 3.05) is 52.7 Å². The van der Waals surface area contributed by atoms with Gasteiger partial charge >= 0.3 is 0 Å². The average molecular weight is 747 g/mol. The predicted octanol–water partition coefficient (Wildman–Crippen LogP) is 4.15. The summed E-state index contributed by atoms with van der Waals surface area (Å²) in [5.74, 6) is -1.12. The van der Waals surface area contributed by atoms with Crippen LogP contribution in [0.3, 0.4) is 0 Å². The molecule has 6 heterocycles. The predicted molar refractivity (Wildman–Crippen MR) is 202 cm³/mol. The van der Waals surface area contributed by atoms with Gasteiger partial charge in [-0.25, -0.2) is 4.98 Å². The normalized spacial score (nSPS) is 18.0. The summed E-state index contributed by atoms with van der Waals surface area (Å²) in [6.07, 6.45) is 7.77. The molecule has 2 aromatic carbocycles. The Balaban J connectivity index is 0.695. The van der Waals surface area contributed by atoms with Crippen molar-refractivity contribution in [1.29, 1.82) is 0 Å². The number of piperidine rings is 2. The molecule has 1 N–H and O–H groups in total. The third-order valence-electron chi connectivity index (χ3n) is 10.5. The number of imide groups is 2. The topological polar surface area (TPSA) is 154 Å². The van der Waals surface area contributed by atoms with Gasteiger partial charge < -0.3 is 28.4 Å². The first-order valence-corrected chi connectivity index (χ1v) is 18.7. The first-order chi connectivity index (χ1) is 26.8. The minimum atomic E-state index is -1.01. The van der Waals surface area contributed by atoms with Crippen LogP contribution in [0.5, 0.6) is 11.6 Å². The van der Waals surface area contributed by atoms with Crippen LogP contribution in [0.4, 0.5) is 0 Å². The van der Waals surface area contributed by atoms with Crippen molar-refractivity contribution in [3.63, 3.8) is 0 Å². The van der Waals surface area contributed by atoms with Crippen LogP contribution in [-0.2, 0) is 26.1 Å². The van der Waals surface area contributed by atoms with E-state index in [0.717, 1.165) is 64.9 Å². The van der Waals surface area contributed by atoms with Gasteiger partial charge in [0.05, 0.1) is 43.1 Å². The number of aromatic nitrogens is 3. The fraction of sp³-hybridized carbons (Fsp3) is 0.366. The molecule has 5 aromatic rings. The fourth-order valence-corrected chi connectivity index (χ4v) is 7.55. The summed E-state index contributed by atoms with van der Waals surface area (Å²) in [6.45, 7) is 4.73. The van der Waals surface area contributed by atoms with E-state index in [9.17, 15) is 19.2 Å². The summed E-state index contributed by atoms with van der Waals surface area (Å²) in [4.78, 5) is 61.9. The van der Waals surface area contributed by atoms with Crippen LogP contribution in [0.2, 0.25) is 0 Å². The molecular weight excluding hydrogens is 704 g/mol. The maximum atomic E-state index is 13.0. The van der Waals surface area contributed by atoms with Gasteiger partial charge in [-0.2, -0.15) is 0 Å². The molecule has 0 radical (unpaired) electrons. The zero-order chi connectivity index (χ0) is 37.9. The third kappa shape index (κ3) is 7.66. The number of ether oxygens (including phenoxy) is 4. The van der Waals surface area contributed by atoms with Gasteiger partial charge in [-0.05, 0) is 61.2 Å². The van der Waals surface area contributed by atoms with Crippen LogP contribution in [0.1, 0.15) is 46.4 Å². The number of aryl methyl sites for hydroxylation is 1. The molecule has 0 spiro atoms. The largest absolute Gasteiger partial charge is 0.491 e. The van der Waals surface area contributed by atoms with Crippen molar-refractivity contribution in [2.45, 2.75) is 37.8 Å². The van der Waals surface area contributed by atoms with Crippen molar-refractivity contribution in [3.05, 3.63) is 84.3 Å². The lowest BCUT2D eigenvalue weighted by atomic mass is 10.0. The number of hydrogen-bond donors (Lipinski definition) is 1. The van der Waals surface area contributed by atoms with E-state index in [-0.39, 0.29) is 36.7 Å². The minimum Gasteiger partial charge on any atom is -0.491 e. The van der Waals surface area contributed by atoms with Crippen LogP contribution in [-0.4, -0.2) is 113 Å². The Morgan fingerprint density at radius 2 is 1.55 bits per heavy atom. The molecule has 1 atom stereocenters. The first-order valence-electron chi connectivity index (χ1n) is 18.7. The lowest BCUT2D eigenvalue weighted by Crippen LogP contribution is -2.54. The SMILES string of the molecule is Cn1c2ccncc2c2ccc(-c3ccc(OC4CCN(CCOCCOCCOc5ccc6c(c5)C(=O)N(C5CCC(=O)NC5=O)C6=O)CC4)nc3)cc21. The number of hydrogen-bond acceptors (Lipinski definition) is 11. The summed E-state index contributed by atoms with van der Waals surface area (Å²) in [6, 6.07) is 16.2. The van der Waals surface area contributed by atoms with Crippen LogP contribution in [0.25, 0.3) is 32.9 Å². The summed E-state index contributed by atoms with van der Waals surface area (Å²) >= 11 is 0. The second kappa shape index (κ2) is 16.0. The molecule has 0 bridgehead atoms. The molecule has 0 aliphatic carbocycles. The molecule has 284 valence electrons. The lowest BCUT2D eigenvalue weighted by Gasteiger charge is -2.31. The molecule has 14 nitrogen and oxygen atoms in total. The van der Waals surface area contributed by atoms with Crippen molar-refractivity contribution in [3.8, 4) is 22.8 Å². The minimum absolute atomic E-state index is 0.0689. The molecule has 3 aliphatic rings. The number of carbonyl (C=O) groups excluding carboxylic acids is 4. The van der Waals surface area contributed by atoms with Crippen molar-refractivity contribution < 1.29 is 38.1 Å². The monoisotopic (exact) mass is 746 g/mol. The van der Waals surface area contributed by atoms with Gasteiger partial charge in [0.2, 0.25) is 17.7 Å². The summed E-state index contributed by atoms with van der Waals surface area (Å²) < 4.78 is 25.6. The van der Waals surface area contributed by atoms with Gasteiger partial charge in [0, 0.05) is 79.6 Å². The van der Waals surface area contributed by atoms with E-state index >= 15 is 0 Å². The highest BCUT2D eigenvalue weighted by molar-refractivity contribution is 6.23. The number of likely N-dealkylation sites (tertiary alicyclic amines) is 1. The summed E-state index contributed by atoms with van der Waals surface area (Å²) in [5, 5.41) is 4.53. The van der Waals surface area contributed by atoms with Crippen LogP contribution >= 0.6 is 0 Å². The lowest BCUT2D eigenvalue weighted by molar-refractivity contribution is -0.136. The van der Waals surface area contributed by atoms with E-state index in [1.807, 2.05) is 30.7 Å². The van der Waals surface area contributed by atoms with Crippen LogP contribution in [0.15, 0.2) is 73.2 Å². The number of rotatable bonds is 14. The second-order valence-electron chi connectivity index (χ2n) is 14.0. The maximum Gasteiger partial charge on any atom is 0.262 e. The molecule has 2 saturated heterocycles. The quantitative estimate of drug-likeness (QED) is 0.129. The standard InChI is InChI=1S/C41H42N6O8/c1-45-34-10-13-42-25-33(34)30-5-2-26(22-36(30)45)27-3-9-38(43-24-27)55-28-11-14-46(15-12-28)16-17-52-18-19-53-20-21-54-29-4-6-31-32(23-29)41(51)47(40(31)50)35-7-8-37(48)44-39(35)49/h2-6,9-10,13,22-25,28,35H,7-8,11-12,14-21H2,1H3,(H,44,48,49). The number of nitrogens with one attached hydrogen (secondary N) is 1. The van der Waals surface area contributed by atoms with Gasteiger partial charge in [-0.15, -0.1) is 0 Å². The van der Waals surface area contributed by atoms with E-state index in [2.05, 4.69) is 56.1 Å². The zero-order valence-corrected chi connectivity index (χ0v) is 30.6. The third-order valence-corrected chi connectivity index (χ3v) is 10.5. The van der Waals surface area contributed by atoms with Crippen LogP contribution < -0.4 is 14.8 Å². The molecular formula is C41H42N6O8. The molecule has 1 unspecified atom stereocenters. The Kier molecular flexibility index (Phi) is 10.5. The molecule has 3 aliphatic heterocycles. The fourth-order valence-electron chi connectivity index (χ4n) is 7.55. The Labute approximate surface area is 317 Å². The van der Waals surface area contributed by atoms with Gasteiger partial charge in [0.1, 0.15) is 24.5 Å². The van der Waals surface area contributed by atoms with Crippen molar-refractivity contribution in [1.82, 2.24) is 29.7 Å². The highest BCUT2D eigenvalue weighted by atomic mass is 16.5. The smallest absolute Gasteiger partial charge is 0.262 e. The van der Waals surface area contributed by atoms with E-state index in [1.165, 1.54) is 17.5 Å². The maximum absolute atomic E-state index is 13.0. The first kappa shape index (κ1) is 36.3. The van der Waals surface area contributed by atoms with Gasteiger partial charge in [0.15, 0.2) is 0 Å². The van der Waals surface area contributed by atoms with E-state index in [0.29, 0.717) is 38.1 Å². The highest BCUT2D eigenvalue weighted by Gasteiger charge is 2.44. The van der Waals surface area contributed by atoms with E-state index in [4.69, 9.17) is 18.9 Å². The molecule has 0 saturated carbocycles. The summed E-state index contributed by atoms with van der Waals surface area (Å²) in [7, 11) is 2.08. The Morgan fingerprint density at radius 1 is 0.764 bits per heavy atom. The number of pyridine rings is 2. The number of nitrogens with zero attached hydrogens (tertiary/aromatic N) is 5. The van der Waals surface area contributed by atoms with Crippen LogP contribution in [0, 0.1) is 0 Å². The molecule has 55 heavy (non-hydrogen) atoms. The number of amides is 4. The Bertz CT molecular complexity index is 2250. The number of carbonyl (C=O) groups is 4. The van der Waals surface area contributed by atoms with Crippen molar-refractivity contribution >= 4 is 45.4 Å². The average Bonchev–Trinajstić information content (AvgIpc) is 3.63. The Hall–Kier alpha value is -5.70. The van der Waals surface area contributed by atoms with Gasteiger partial charge in [0.25, 0.3) is 11.8 Å². The molecule has 3 aromatic heterocycles. The summed E-state index contributed by atoms with van der Waals surface area (Å²) in [5.41, 5.74) is 4.85. The van der Waals surface area contributed by atoms with Gasteiger partial charge in [-0.1, -0.05) is 12.1 Å². The van der Waals surface area contributed by atoms with E-state index in [1.54, 1.807) is 6.07 Å². The second-order valence-corrected chi connectivity index (χ2v) is 14.0. The molecule has 8 rings (SSSR count). The molecule has 14 heteroatoms. The van der Waals surface area contributed by atoms with Gasteiger partial charge in [-0.3, -0.25) is 34.4 Å². The van der Waals surface area contributed by atoms with E-state index < -0.39 is 29.7 Å².